The number of primary amides is 1. The van der Waals surface area contributed by atoms with Crippen LogP contribution in [-0.2, 0) is 9.59 Å². The van der Waals surface area contributed by atoms with Gasteiger partial charge >= 0.3 is 0 Å². The van der Waals surface area contributed by atoms with E-state index in [0.717, 1.165) is 5.56 Å². The Morgan fingerprint density at radius 1 is 1.53 bits per heavy atom. The quantitative estimate of drug-likeness (QED) is 0.764. The highest BCUT2D eigenvalue weighted by Crippen LogP contribution is 2.45. The highest BCUT2D eigenvalue weighted by Gasteiger charge is 2.55. The number of rotatable bonds is 5. The smallest absolute Gasteiger partial charge is 0.236 e. The van der Waals surface area contributed by atoms with E-state index in [2.05, 4.69) is 10.4 Å². The van der Waals surface area contributed by atoms with Gasteiger partial charge in [-0.25, -0.2) is 0 Å². The van der Waals surface area contributed by atoms with E-state index in [4.69, 9.17) is 5.73 Å². The number of nitrogens with zero attached hydrogens (tertiary/aromatic N) is 2. The van der Waals surface area contributed by atoms with Crippen molar-refractivity contribution in [2.24, 2.45) is 11.1 Å². The molecule has 0 bridgehead atoms. The van der Waals surface area contributed by atoms with E-state index in [-0.39, 0.29) is 11.9 Å². The molecule has 0 radical (unpaired) electrons. The fourth-order valence-electron chi connectivity index (χ4n) is 2.24. The molecule has 0 spiro atoms. The van der Waals surface area contributed by atoms with Gasteiger partial charge in [0.25, 0.3) is 0 Å². The molecule has 0 aromatic carbocycles. The van der Waals surface area contributed by atoms with Crippen molar-refractivity contribution in [3.8, 4) is 0 Å². The fraction of sp³-hybridized carbons (Fsp3) is 0.615. The zero-order valence-electron chi connectivity index (χ0n) is 10.9. The molecule has 2 saturated carbocycles. The maximum absolute atomic E-state index is 12.1. The molecule has 1 aromatic heterocycles. The second-order valence-corrected chi connectivity index (χ2v) is 5.63. The van der Waals surface area contributed by atoms with Crippen molar-refractivity contribution < 1.29 is 9.59 Å². The summed E-state index contributed by atoms with van der Waals surface area (Å²) in [6, 6.07) is 0.369. The topological polar surface area (TPSA) is 90.0 Å². The van der Waals surface area contributed by atoms with E-state index in [0.29, 0.717) is 18.9 Å². The van der Waals surface area contributed by atoms with Crippen LogP contribution in [0.15, 0.2) is 12.4 Å². The van der Waals surface area contributed by atoms with Crippen LogP contribution in [0.1, 0.15) is 50.3 Å². The van der Waals surface area contributed by atoms with Gasteiger partial charge in [0.15, 0.2) is 0 Å². The Labute approximate surface area is 111 Å². The van der Waals surface area contributed by atoms with Crippen molar-refractivity contribution >= 4 is 11.8 Å². The predicted molar refractivity (Wildman–Crippen MR) is 67.9 cm³/mol. The van der Waals surface area contributed by atoms with Gasteiger partial charge in [-0.1, -0.05) is 0 Å². The highest BCUT2D eigenvalue weighted by atomic mass is 16.2. The van der Waals surface area contributed by atoms with Crippen molar-refractivity contribution in [3.05, 3.63) is 18.0 Å². The van der Waals surface area contributed by atoms with Crippen molar-refractivity contribution in [1.29, 1.82) is 0 Å². The molecule has 2 amide bonds. The Morgan fingerprint density at radius 2 is 2.21 bits per heavy atom. The summed E-state index contributed by atoms with van der Waals surface area (Å²) in [6.07, 6.45) is 7.20. The molecule has 1 unspecified atom stereocenters. The fourth-order valence-corrected chi connectivity index (χ4v) is 2.24. The van der Waals surface area contributed by atoms with Crippen LogP contribution < -0.4 is 11.1 Å². The van der Waals surface area contributed by atoms with Gasteiger partial charge in [-0.2, -0.15) is 5.10 Å². The largest absolute Gasteiger partial charge is 0.369 e. The standard InChI is InChI=1S/C13H18N4O2/c1-8(9-6-15-17(7-9)10-2-3-10)16-12(19)13(4-5-13)11(14)18/h6-8,10H,2-5H2,1H3,(H2,14,18)(H,16,19). The number of carbonyl (C=O) groups is 2. The zero-order valence-corrected chi connectivity index (χ0v) is 10.9. The summed E-state index contributed by atoms with van der Waals surface area (Å²) < 4.78 is 1.94. The Morgan fingerprint density at radius 3 is 2.74 bits per heavy atom. The number of nitrogens with two attached hydrogens (primary N) is 1. The Hall–Kier alpha value is -1.85. The monoisotopic (exact) mass is 262 g/mol. The van der Waals surface area contributed by atoms with Crippen molar-refractivity contribution in [2.45, 2.75) is 44.7 Å². The average molecular weight is 262 g/mol. The number of hydrogen-bond acceptors (Lipinski definition) is 3. The number of aromatic nitrogens is 2. The van der Waals surface area contributed by atoms with Gasteiger partial charge in [-0.05, 0) is 32.6 Å². The molecule has 2 aliphatic rings. The van der Waals surface area contributed by atoms with Crippen molar-refractivity contribution in [3.63, 3.8) is 0 Å². The molecule has 1 aromatic rings. The van der Waals surface area contributed by atoms with Crippen LogP contribution in [0, 0.1) is 5.41 Å². The molecular weight excluding hydrogens is 244 g/mol. The van der Waals surface area contributed by atoms with E-state index < -0.39 is 11.3 Å². The van der Waals surface area contributed by atoms with E-state index in [1.165, 1.54) is 12.8 Å². The van der Waals surface area contributed by atoms with E-state index >= 15 is 0 Å². The number of nitrogens with one attached hydrogen (secondary N) is 1. The first-order valence-corrected chi connectivity index (χ1v) is 6.68. The summed E-state index contributed by atoms with van der Waals surface area (Å²) in [5, 5.41) is 7.15. The summed E-state index contributed by atoms with van der Waals surface area (Å²) in [5.41, 5.74) is 5.29. The van der Waals surface area contributed by atoms with Crippen LogP contribution in [-0.4, -0.2) is 21.6 Å². The van der Waals surface area contributed by atoms with Crippen LogP contribution in [0.4, 0.5) is 0 Å². The Balaban J connectivity index is 1.65. The minimum atomic E-state index is -0.958. The van der Waals surface area contributed by atoms with E-state index in [1.807, 2.05) is 17.8 Å². The average Bonchev–Trinajstić information content (AvgIpc) is 3.27. The lowest BCUT2D eigenvalue weighted by atomic mass is 10.0. The molecule has 1 atom stereocenters. The van der Waals surface area contributed by atoms with Gasteiger partial charge in [0.05, 0.1) is 18.3 Å². The summed E-state index contributed by atoms with van der Waals surface area (Å²) >= 11 is 0. The SMILES string of the molecule is CC(NC(=O)C1(C(N)=O)CC1)c1cnn(C2CC2)c1. The molecule has 6 heteroatoms. The van der Waals surface area contributed by atoms with Crippen molar-refractivity contribution in [2.75, 3.05) is 0 Å². The molecule has 2 aliphatic carbocycles. The maximum atomic E-state index is 12.1. The molecule has 3 N–H and O–H groups in total. The lowest BCUT2D eigenvalue weighted by Crippen LogP contribution is -2.41. The summed E-state index contributed by atoms with van der Waals surface area (Å²) in [7, 11) is 0. The molecule has 2 fully saturated rings. The van der Waals surface area contributed by atoms with Gasteiger partial charge in [-0.15, -0.1) is 0 Å². The third-order valence-electron chi connectivity index (χ3n) is 4.05. The Bertz CT molecular complexity index is 529. The molecule has 102 valence electrons. The third-order valence-corrected chi connectivity index (χ3v) is 4.05. The molecule has 0 aliphatic heterocycles. The summed E-state index contributed by atoms with van der Waals surface area (Å²) in [5.74, 6) is -0.780. The van der Waals surface area contributed by atoms with Gasteiger partial charge in [0.1, 0.15) is 5.41 Å². The molecule has 19 heavy (non-hydrogen) atoms. The van der Waals surface area contributed by atoms with Crippen LogP contribution >= 0.6 is 0 Å². The van der Waals surface area contributed by atoms with Crippen LogP contribution in [0.3, 0.4) is 0 Å². The highest BCUT2D eigenvalue weighted by molar-refractivity contribution is 6.07. The second-order valence-electron chi connectivity index (χ2n) is 5.63. The number of hydrogen-bond donors (Lipinski definition) is 2. The number of amides is 2. The zero-order chi connectivity index (χ0) is 13.6. The molecule has 3 rings (SSSR count). The molecule has 1 heterocycles. The predicted octanol–water partition coefficient (Wildman–Crippen LogP) is 0.661. The van der Waals surface area contributed by atoms with Gasteiger partial charge in [0.2, 0.25) is 11.8 Å². The minimum Gasteiger partial charge on any atom is -0.369 e. The van der Waals surface area contributed by atoms with Gasteiger partial charge in [-0.3, -0.25) is 14.3 Å². The number of carbonyl (C=O) groups excluding carboxylic acids is 2. The van der Waals surface area contributed by atoms with E-state index in [9.17, 15) is 9.59 Å². The minimum absolute atomic E-state index is 0.156. The van der Waals surface area contributed by atoms with Crippen LogP contribution in [0.2, 0.25) is 0 Å². The lowest BCUT2D eigenvalue weighted by molar-refractivity contribution is -0.135. The lowest BCUT2D eigenvalue weighted by Gasteiger charge is -2.16. The summed E-state index contributed by atoms with van der Waals surface area (Å²) in [6.45, 7) is 1.89. The first kappa shape index (κ1) is 12.2. The van der Waals surface area contributed by atoms with Crippen LogP contribution in [0.5, 0.6) is 0 Å². The second kappa shape index (κ2) is 4.08. The maximum Gasteiger partial charge on any atom is 0.236 e. The van der Waals surface area contributed by atoms with Crippen LogP contribution in [0.25, 0.3) is 0 Å². The summed E-state index contributed by atoms with van der Waals surface area (Å²) in [4.78, 5) is 23.4. The first-order valence-electron chi connectivity index (χ1n) is 6.68. The first-order chi connectivity index (χ1) is 9.03. The third kappa shape index (κ3) is 2.11. The van der Waals surface area contributed by atoms with Gasteiger partial charge in [0, 0.05) is 11.8 Å². The normalized spacial score (nSPS) is 21.7. The molecule has 0 saturated heterocycles. The Kier molecular flexibility index (Phi) is 2.62. The molecule has 6 nitrogen and oxygen atoms in total. The molecular formula is C13H18N4O2. The van der Waals surface area contributed by atoms with E-state index in [1.54, 1.807) is 6.20 Å². The van der Waals surface area contributed by atoms with Crippen molar-refractivity contribution in [1.82, 2.24) is 15.1 Å². The van der Waals surface area contributed by atoms with Gasteiger partial charge < -0.3 is 11.1 Å².